The molecule has 0 aliphatic carbocycles. The van der Waals surface area contributed by atoms with Crippen LogP contribution in [0.25, 0.3) is 0 Å². The molecule has 28 heavy (non-hydrogen) atoms. The first kappa shape index (κ1) is 24.6. The van der Waals surface area contributed by atoms with E-state index in [1.165, 1.54) is 0 Å². The van der Waals surface area contributed by atoms with E-state index in [0.29, 0.717) is 13.1 Å². The van der Waals surface area contributed by atoms with E-state index in [0.717, 1.165) is 42.0 Å². The Balaban J connectivity index is 0.00000392. The second-order valence-electron chi connectivity index (χ2n) is 6.10. The molecule has 1 atom stereocenters. The first-order valence-corrected chi connectivity index (χ1v) is 9.81. The van der Waals surface area contributed by atoms with Gasteiger partial charge in [-0.3, -0.25) is 9.89 Å². The molecule has 2 N–H and O–H groups in total. The van der Waals surface area contributed by atoms with Gasteiger partial charge in [-0.25, -0.2) is 0 Å². The van der Waals surface area contributed by atoms with Crippen molar-refractivity contribution in [3.8, 4) is 0 Å². The highest BCUT2D eigenvalue weighted by molar-refractivity contribution is 14.0. The standard InChI is InChI=1S/C19H30ClN7.HI/c1-5-26(6-2)17(15-10-8-9-11-16(15)20)12-22-19(21-4)23-13-18-25-24-14-27(18)7-3;/h8-11,14,17H,5-7,12-13H2,1-4H3,(H2,21,22,23);1H. The summed E-state index contributed by atoms with van der Waals surface area (Å²) in [5, 5.41) is 15.6. The lowest BCUT2D eigenvalue weighted by molar-refractivity contribution is 0.219. The van der Waals surface area contributed by atoms with Crippen LogP contribution in [0, 0.1) is 0 Å². The maximum atomic E-state index is 6.47. The third kappa shape index (κ3) is 6.59. The number of aliphatic imine (C=N–C) groups is 1. The predicted molar refractivity (Wildman–Crippen MR) is 126 cm³/mol. The summed E-state index contributed by atoms with van der Waals surface area (Å²) in [4.78, 5) is 6.71. The van der Waals surface area contributed by atoms with Crippen LogP contribution in [0.1, 0.15) is 38.2 Å². The van der Waals surface area contributed by atoms with Crippen molar-refractivity contribution < 1.29 is 0 Å². The summed E-state index contributed by atoms with van der Waals surface area (Å²) in [6.07, 6.45) is 1.74. The van der Waals surface area contributed by atoms with E-state index in [2.05, 4.69) is 57.6 Å². The molecule has 0 saturated heterocycles. The fourth-order valence-electron chi connectivity index (χ4n) is 3.10. The van der Waals surface area contributed by atoms with Crippen molar-refractivity contribution in [3.05, 3.63) is 47.0 Å². The Bertz CT molecular complexity index is 731. The number of nitrogens with zero attached hydrogens (tertiary/aromatic N) is 5. The van der Waals surface area contributed by atoms with E-state index >= 15 is 0 Å². The number of aryl methyl sites for hydroxylation is 1. The Morgan fingerprint density at radius 1 is 1.21 bits per heavy atom. The van der Waals surface area contributed by atoms with E-state index < -0.39 is 0 Å². The lowest BCUT2D eigenvalue weighted by Gasteiger charge is -2.31. The topological polar surface area (TPSA) is 70.4 Å². The zero-order chi connectivity index (χ0) is 19.6. The molecule has 1 unspecified atom stereocenters. The molecule has 0 amide bonds. The third-order valence-corrected chi connectivity index (χ3v) is 5.00. The number of nitrogens with one attached hydrogen (secondary N) is 2. The number of aromatic nitrogens is 3. The number of hydrogen-bond donors (Lipinski definition) is 2. The van der Waals surface area contributed by atoms with Gasteiger partial charge < -0.3 is 15.2 Å². The Kier molecular flexibility index (Phi) is 11.4. The lowest BCUT2D eigenvalue weighted by atomic mass is 10.0. The fourth-order valence-corrected chi connectivity index (χ4v) is 3.36. The first-order valence-electron chi connectivity index (χ1n) is 9.44. The number of rotatable bonds is 9. The molecular formula is C19H31ClIN7. The van der Waals surface area contributed by atoms with E-state index in [4.69, 9.17) is 11.6 Å². The molecule has 0 fully saturated rings. The summed E-state index contributed by atoms with van der Waals surface area (Å²) >= 11 is 6.47. The van der Waals surface area contributed by atoms with Gasteiger partial charge in [0.1, 0.15) is 6.33 Å². The van der Waals surface area contributed by atoms with Gasteiger partial charge >= 0.3 is 0 Å². The van der Waals surface area contributed by atoms with Crippen molar-refractivity contribution >= 4 is 41.5 Å². The minimum Gasteiger partial charge on any atom is -0.354 e. The molecular weight excluding hydrogens is 489 g/mol. The highest BCUT2D eigenvalue weighted by Gasteiger charge is 2.20. The molecule has 9 heteroatoms. The summed E-state index contributed by atoms with van der Waals surface area (Å²) < 4.78 is 2.00. The number of guanidine groups is 1. The van der Waals surface area contributed by atoms with E-state index in [1.807, 2.05) is 22.8 Å². The maximum Gasteiger partial charge on any atom is 0.191 e. The summed E-state index contributed by atoms with van der Waals surface area (Å²) in [6, 6.07) is 8.18. The van der Waals surface area contributed by atoms with Crippen LogP contribution in [0.3, 0.4) is 0 Å². The monoisotopic (exact) mass is 519 g/mol. The van der Waals surface area contributed by atoms with Crippen LogP contribution >= 0.6 is 35.6 Å². The Morgan fingerprint density at radius 3 is 2.54 bits per heavy atom. The molecule has 0 bridgehead atoms. The van der Waals surface area contributed by atoms with Crippen molar-refractivity contribution in [2.75, 3.05) is 26.7 Å². The van der Waals surface area contributed by atoms with Crippen LogP contribution in [0.4, 0.5) is 0 Å². The van der Waals surface area contributed by atoms with Crippen LogP contribution in [-0.4, -0.2) is 52.3 Å². The van der Waals surface area contributed by atoms with Gasteiger partial charge in [0.25, 0.3) is 0 Å². The van der Waals surface area contributed by atoms with Crippen molar-refractivity contribution in [1.82, 2.24) is 30.3 Å². The zero-order valence-corrected chi connectivity index (χ0v) is 20.1. The van der Waals surface area contributed by atoms with Crippen LogP contribution < -0.4 is 10.6 Å². The van der Waals surface area contributed by atoms with Crippen LogP contribution in [0.15, 0.2) is 35.6 Å². The molecule has 7 nitrogen and oxygen atoms in total. The molecule has 0 spiro atoms. The Labute approximate surface area is 190 Å². The van der Waals surface area contributed by atoms with Crippen molar-refractivity contribution in [3.63, 3.8) is 0 Å². The molecule has 2 rings (SSSR count). The zero-order valence-electron chi connectivity index (χ0n) is 17.0. The van der Waals surface area contributed by atoms with Gasteiger partial charge in [0.15, 0.2) is 11.8 Å². The van der Waals surface area contributed by atoms with E-state index in [9.17, 15) is 0 Å². The number of hydrogen-bond acceptors (Lipinski definition) is 4. The minimum absolute atomic E-state index is 0. The molecule has 0 saturated carbocycles. The van der Waals surface area contributed by atoms with Crippen LogP contribution in [0.5, 0.6) is 0 Å². The highest BCUT2D eigenvalue weighted by atomic mass is 127. The smallest absolute Gasteiger partial charge is 0.191 e. The number of likely N-dealkylation sites (N-methyl/N-ethyl adjacent to an activating group) is 1. The SMILES string of the molecule is CCN(CC)C(CNC(=NC)NCc1nncn1CC)c1ccccc1Cl.I. The molecule has 0 radical (unpaired) electrons. The van der Waals surface area contributed by atoms with E-state index in [1.54, 1.807) is 13.4 Å². The molecule has 156 valence electrons. The first-order chi connectivity index (χ1) is 13.1. The average Bonchev–Trinajstić information content (AvgIpc) is 3.15. The number of halogens is 2. The summed E-state index contributed by atoms with van der Waals surface area (Å²) in [5.74, 6) is 1.61. The predicted octanol–water partition coefficient (Wildman–Crippen LogP) is 3.32. The normalized spacial score (nSPS) is 12.6. The second-order valence-corrected chi connectivity index (χ2v) is 6.51. The summed E-state index contributed by atoms with van der Waals surface area (Å²) in [5.41, 5.74) is 1.12. The van der Waals surface area contributed by atoms with Crippen molar-refractivity contribution in [2.24, 2.45) is 4.99 Å². The molecule has 0 aliphatic heterocycles. The molecule has 0 aliphatic rings. The van der Waals surface area contributed by atoms with Crippen molar-refractivity contribution in [2.45, 2.75) is 39.9 Å². The van der Waals surface area contributed by atoms with Crippen LogP contribution in [0.2, 0.25) is 5.02 Å². The minimum atomic E-state index is 0. The molecule has 1 aromatic carbocycles. The maximum absolute atomic E-state index is 6.47. The Hall–Kier alpha value is -1.39. The van der Waals surface area contributed by atoms with E-state index in [-0.39, 0.29) is 30.0 Å². The third-order valence-electron chi connectivity index (χ3n) is 4.65. The quantitative estimate of drug-likeness (QED) is 0.302. The average molecular weight is 520 g/mol. The van der Waals surface area contributed by atoms with Crippen molar-refractivity contribution in [1.29, 1.82) is 0 Å². The van der Waals surface area contributed by atoms with Gasteiger partial charge in [-0.2, -0.15) is 0 Å². The van der Waals surface area contributed by atoms with Gasteiger partial charge in [0.05, 0.1) is 12.6 Å². The van der Waals surface area contributed by atoms with Gasteiger partial charge in [-0.05, 0) is 31.6 Å². The molecule has 1 heterocycles. The Morgan fingerprint density at radius 2 is 1.93 bits per heavy atom. The van der Waals surface area contributed by atoms with Gasteiger partial charge in [0.2, 0.25) is 0 Å². The van der Waals surface area contributed by atoms with Gasteiger partial charge in [-0.15, -0.1) is 34.2 Å². The molecule has 1 aromatic heterocycles. The lowest BCUT2D eigenvalue weighted by Crippen LogP contribution is -2.43. The summed E-state index contributed by atoms with van der Waals surface area (Å²) in [7, 11) is 1.77. The fraction of sp³-hybridized carbons (Fsp3) is 0.526. The molecule has 2 aromatic rings. The van der Waals surface area contributed by atoms with Crippen LogP contribution in [-0.2, 0) is 13.1 Å². The second kappa shape index (κ2) is 12.9. The highest BCUT2D eigenvalue weighted by Crippen LogP contribution is 2.26. The largest absolute Gasteiger partial charge is 0.354 e. The number of benzene rings is 1. The summed E-state index contributed by atoms with van der Waals surface area (Å²) in [6.45, 7) is 10.4. The van der Waals surface area contributed by atoms with Gasteiger partial charge in [0, 0.05) is 25.2 Å². The van der Waals surface area contributed by atoms with Gasteiger partial charge in [-0.1, -0.05) is 43.6 Å².